The first kappa shape index (κ1) is 35.0. The van der Waals surface area contributed by atoms with Crippen molar-refractivity contribution in [3.63, 3.8) is 0 Å². The molecule has 0 aromatic rings. The highest BCUT2D eigenvalue weighted by Gasteiger charge is 2.70. The Balaban J connectivity index is 8.56. The largest absolute Gasteiger partial charge is 0.573 e. The summed E-state index contributed by atoms with van der Waals surface area (Å²) in [5.41, 5.74) is -2.86. The second-order valence-electron chi connectivity index (χ2n) is 15.5. The van der Waals surface area contributed by atoms with Crippen molar-refractivity contribution in [2.24, 2.45) is 30.9 Å². The van der Waals surface area contributed by atoms with Crippen molar-refractivity contribution in [2.45, 2.75) is 158 Å². The molecule has 0 aliphatic carbocycles. The molecule has 0 aliphatic heterocycles. The molecule has 10 nitrogen and oxygen atoms in total. The molecule has 0 bridgehead atoms. The van der Waals surface area contributed by atoms with Crippen LogP contribution in [0.5, 0.6) is 0 Å². The van der Waals surface area contributed by atoms with Gasteiger partial charge in [-0.15, -0.1) is 0 Å². The van der Waals surface area contributed by atoms with E-state index in [1.165, 1.54) is 0 Å². The van der Waals surface area contributed by atoms with Gasteiger partial charge in [0.15, 0.2) is 0 Å². The summed E-state index contributed by atoms with van der Waals surface area (Å²) in [6.45, 7) is 45.7. The maximum atomic E-state index is 5.00. The molecule has 11 heteroatoms. The summed E-state index contributed by atoms with van der Waals surface area (Å²) in [5, 5.41) is 28.9. The second kappa shape index (κ2) is 11.0. The van der Waals surface area contributed by atoms with Gasteiger partial charge in [0.1, 0.15) is 0 Å². The highest BCUT2D eigenvalue weighted by atomic mass is 28.4. The van der Waals surface area contributed by atoms with Crippen LogP contribution in [0.3, 0.4) is 0 Å². The predicted molar refractivity (Wildman–Crippen MR) is 160 cm³/mol. The van der Waals surface area contributed by atoms with E-state index in [4.69, 9.17) is 30.9 Å². The minimum Gasteiger partial charge on any atom is -0.260 e. The Hall–Kier alpha value is -2.04. The Bertz CT molecular complexity index is 754. The third-order valence-electron chi connectivity index (χ3n) is 4.83. The molecule has 0 amide bonds. The van der Waals surface area contributed by atoms with Crippen molar-refractivity contribution in [3.05, 3.63) is 0 Å². The molecule has 0 saturated carbocycles. The summed E-state index contributed by atoms with van der Waals surface area (Å²) >= 11 is 0. The fourth-order valence-corrected chi connectivity index (χ4v) is 9.08. The summed E-state index contributed by atoms with van der Waals surface area (Å²) in [7, 11) is -3.70. The maximum Gasteiger partial charge on any atom is 0.573 e. The van der Waals surface area contributed by atoms with Crippen molar-refractivity contribution >= 4 is 22.2 Å². The van der Waals surface area contributed by atoms with Gasteiger partial charge in [0.2, 0.25) is 0 Å². The maximum absolute atomic E-state index is 5.00. The van der Waals surface area contributed by atoms with E-state index in [2.05, 4.69) is 106 Å². The zero-order valence-electron chi connectivity index (χ0n) is 27.4. The molecule has 0 radical (unpaired) electrons. The molecule has 0 aliphatic rings. The number of rotatable bonds is 8. The molecule has 0 saturated heterocycles. The van der Waals surface area contributed by atoms with Crippen molar-refractivity contribution in [3.8, 4) is 0 Å². The highest BCUT2D eigenvalue weighted by Crippen LogP contribution is 2.43. The standard InChI is InChI=1S/C26H58N10Si/c1-21(2,3)29-31-35(25(13,14)15)37(33(27-19)23(7,8)9,34(28-20)24(10,11)12)36(26(16,17)18)32-30-22(4,5)6/h19-20H2,1-18H3. The monoisotopic (exact) mass is 538 g/mol. The molecule has 0 rings (SSSR count). The lowest BCUT2D eigenvalue weighted by Gasteiger charge is -2.62. The summed E-state index contributed by atoms with van der Waals surface area (Å²) in [4.78, 5) is 0. The summed E-state index contributed by atoms with van der Waals surface area (Å²) in [6, 6.07) is 0. The van der Waals surface area contributed by atoms with Gasteiger partial charge in [0.25, 0.3) is 0 Å². The molecule has 0 unspecified atom stereocenters. The van der Waals surface area contributed by atoms with Gasteiger partial charge in [0, 0.05) is 35.6 Å². The number of hydrogen-bond donors (Lipinski definition) is 0. The lowest BCUT2D eigenvalue weighted by Crippen LogP contribution is -2.87. The summed E-state index contributed by atoms with van der Waals surface area (Å²) in [6.07, 6.45) is 0. The molecule has 0 aromatic heterocycles. The lowest BCUT2D eigenvalue weighted by atomic mass is 10.1. The SMILES string of the molecule is C=NN(C(C)(C)C)[Si](N(N=C)C(C)(C)C)(N(N=NC(C)(C)C)C(C)(C)C)N(N=NC(C)(C)C)C(C)(C)C. The van der Waals surface area contributed by atoms with E-state index in [9.17, 15) is 0 Å². The molecule has 0 N–H and O–H groups in total. The van der Waals surface area contributed by atoms with E-state index in [0.717, 1.165) is 0 Å². The molecule has 0 aromatic carbocycles. The van der Waals surface area contributed by atoms with Gasteiger partial charge < -0.3 is 0 Å². The van der Waals surface area contributed by atoms with Gasteiger partial charge in [-0.25, -0.2) is 9.35 Å². The first-order valence-electron chi connectivity index (χ1n) is 13.1. The van der Waals surface area contributed by atoms with Crippen molar-refractivity contribution < 1.29 is 0 Å². The first-order valence-corrected chi connectivity index (χ1v) is 14.9. The van der Waals surface area contributed by atoms with E-state index in [-0.39, 0.29) is 0 Å². The minimum absolute atomic E-state index is 0.411. The molecule has 0 heterocycles. The van der Waals surface area contributed by atoms with Crippen LogP contribution in [-0.2, 0) is 0 Å². The van der Waals surface area contributed by atoms with Crippen LogP contribution in [0.1, 0.15) is 125 Å². The predicted octanol–water partition coefficient (Wildman–Crippen LogP) is 7.39. The Labute approximate surface area is 229 Å². The van der Waals surface area contributed by atoms with E-state index in [1.54, 1.807) is 0 Å². The van der Waals surface area contributed by atoms with Crippen LogP contribution in [0.25, 0.3) is 0 Å². The van der Waals surface area contributed by atoms with Crippen LogP contribution >= 0.6 is 0 Å². The number of hydrazone groups is 2. The Kier molecular flexibility index (Phi) is 10.4. The molecular weight excluding hydrogens is 480 g/mol. The van der Waals surface area contributed by atoms with E-state index < -0.39 is 42.0 Å². The van der Waals surface area contributed by atoms with Crippen LogP contribution < -0.4 is 0 Å². The summed E-state index contributed by atoms with van der Waals surface area (Å²) in [5.74, 6) is 0. The van der Waals surface area contributed by atoms with E-state index in [1.807, 2.05) is 50.9 Å². The van der Waals surface area contributed by atoms with Gasteiger partial charge in [-0.2, -0.15) is 20.4 Å². The van der Waals surface area contributed by atoms with Crippen LogP contribution in [0.4, 0.5) is 0 Å². The quantitative estimate of drug-likeness (QED) is 0.139. The van der Waals surface area contributed by atoms with Crippen LogP contribution in [-0.4, -0.2) is 74.1 Å². The van der Waals surface area contributed by atoms with Gasteiger partial charge in [0.05, 0.1) is 11.1 Å². The fraction of sp³-hybridized carbons (Fsp3) is 0.923. The van der Waals surface area contributed by atoms with Crippen LogP contribution in [0, 0.1) is 0 Å². The molecule has 0 atom stereocenters. The van der Waals surface area contributed by atoms with E-state index >= 15 is 0 Å². The van der Waals surface area contributed by atoms with Crippen molar-refractivity contribution in [1.82, 2.24) is 18.7 Å². The minimum atomic E-state index is -3.70. The smallest absolute Gasteiger partial charge is 0.260 e. The van der Waals surface area contributed by atoms with Crippen molar-refractivity contribution in [2.75, 3.05) is 0 Å². The topological polar surface area (TPSA) is 87.1 Å². The van der Waals surface area contributed by atoms with E-state index in [0.29, 0.717) is 0 Å². The van der Waals surface area contributed by atoms with Crippen LogP contribution in [0.2, 0.25) is 0 Å². The summed E-state index contributed by atoms with van der Waals surface area (Å²) < 4.78 is 8.16. The number of nitrogens with zero attached hydrogens (tertiary/aromatic N) is 10. The first-order chi connectivity index (χ1) is 16.1. The normalized spacial score (nSPS) is 14.8. The third kappa shape index (κ3) is 9.03. The van der Waals surface area contributed by atoms with Gasteiger partial charge in [-0.05, 0) is 125 Å². The van der Waals surface area contributed by atoms with Gasteiger partial charge in [-0.3, -0.25) is 9.35 Å². The molecule has 0 spiro atoms. The Morgan fingerprint density at radius 2 is 0.622 bits per heavy atom. The average molecular weight is 539 g/mol. The number of hydrogen-bond acceptors (Lipinski definition) is 8. The lowest BCUT2D eigenvalue weighted by molar-refractivity contribution is 0.0238. The third-order valence-corrected chi connectivity index (χ3v) is 10.2. The second-order valence-corrected chi connectivity index (χ2v) is 18.4. The van der Waals surface area contributed by atoms with Gasteiger partial charge >= 0.3 is 8.72 Å². The average Bonchev–Trinajstić information content (AvgIpc) is 2.55. The zero-order valence-corrected chi connectivity index (χ0v) is 28.4. The molecule has 37 heavy (non-hydrogen) atoms. The highest BCUT2D eigenvalue weighted by molar-refractivity contribution is 6.69. The molecule has 216 valence electrons. The Morgan fingerprint density at radius 1 is 0.405 bits per heavy atom. The Morgan fingerprint density at radius 3 is 0.757 bits per heavy atom. The zero-order chi connectivity index (χ0) is 30.1. The fourth-order valence-electron chi connectivity index (χ4n) is 3.70. The van der Waals surface area contributed by atoms with Gasteiger partial charge in [-0.1, -0.05) is 10.4 Å². The van der Waals surface area contributed by atoms with Crippen molar-refractivity contribution in [1.29, 1.82) is 0 Å². The molecule has 0 fully saturated rings. The van der Waals surface area contributed by atoms with Crippen LogP contribution in [0.15, 0.2) is 30.9 Å². The molecular formula is C26H58N10Si.